The predicted octanol–water partition coefficient (Wildman–Crippen LogP) is 5.79. The highest BCUT2D eigenvalue weighted by Crippen LogP contribution is 2.50. The van der Waals surface area contributed by atoms with Crippen LogP contribution in [0.2, 0.25) is 0 Å². The van der Waals surface area contributed by atoms with Crippen LogP contribution >= 0.6 is 0 Å². The van der Waals surface area contributed by atoms with Crippen LogP contribution in [-0.2, 0) is 0 Å². The van der Waals surface area contributed by atoms with E-state index in [1.165, 1.54) is 0 Å². The molecule has 6 heteroatoms. The van der Waals surface area contributed by atoms with Gasteiger partial charge in [0.25, 0.3) is 0 Å². The molecular formula is C33H16N6. The molecule has 1 saturated heterocycles. The molecule has 1 heterocycles. The van der Waals surface area contributed by atoms with Gasteiger partial charge in [-0.3, -0.25) is 0 Å². The minimum Gasteiger partial charge on any atom is -0.306 e. The van der Waals surface area contributed by atoms with Gasteiger partial charge in [-0.1, -0.05) is 24.3 Å². The molecule has 2 aliphatic rings. The first kappa shape index (κ1) is 23.4. The SMILES string of the molecule is N#CC(=C1c2cc(-c3ccc(C#N)cc3)c(C#N)cc2-c2cc(C#N)c(-c3ccc(C#N)cc3)cc21)C1CN1. The van der Waals surface area contributed by atoms with E-state index in [0.717, 1.165) is 39.0 Å². The fraction of sp³-hybridized carbons (Fsp3) is 0.0606. The summed E-state index contributed by atoms with van der Waals surface area (Å²) in [5, 5.41) is 52.0. The fourth-order valence-electron chi connectivity index (χ4n) is 5.18. The van der Waals surface area contributed by atoms with Crippen molar-refractivity contribution >= 4 is 5.57 Å². The molecule has 0 spiro atoms. The number of nitrogens with zero attached hydrogens (tertiary/aromatic N) is 5. The van der Waals surface area contributed by atoms with Crippen molar-refractivity contribution in [3.63, 3.8) is 0 Å². The van der Waals surface area contributed by atoms with Gasteiger partial charge < -0.3 is 5.32 Å². The average Bonchev–Trinajstić information content (AvgIpc) is 3.79. The van der Waals surface area contributed by atoms with Crippen molar-refractivity contribution in [2.45, 2.75) is 6.04 Å². The van der Waals surface area contributed by atoms with Crippen LogP contribution in [0.4, 0.5) is 0 Å². The van der Waals surface area contributed by atoms with Gasteiger partial charge in [0.1, 0.15) is 0 Å². The summed E-state index contributed by atoms with van der Waals surface area (Å²) >= 11 is 0. The van der Waals surface area contributed by atoms with E-state index in [1.807, 2.05) is 48.5 Å². The average molecular weight is 497 g/mol. The van der Waals surface area contributed by atoms with Gasteiger partial charge in [0.15, 0.2) is 0 Å². The predicted molar refractivity (Wildman–Crippen MR) is 145 cm³/mol. The summed E-state index contributed by atoms with van der Waals surface area (Å²) in [5.41, 5.74) is 9.63. The van der Waals surface area contributed by atoms with Crippen molar-refractivity contribution < 1.29 is 0 Å². The Kier molecular flexibility index (Phi) is 5.50. The van der Waals surface area contributed by atoms with Crippen LogP contribution in [0.15, 0.2) is 78.4 Å². The smallest absolute Gasteiger partial charge is 0.0998 e. The zero-order chi connectivity index (χ0) is 27.1. The van der Waals surface area contributed by atoms with Crippen molar-refractivity contribution in [1.29, 1.82) is 26.3 Å². The highest BCUT2D eigenvalue weighted by atomic mass is 15.1. The molecule has 4 aromatic rings. The number of hydrogen-bond donors (Lipinski definition) is 1. The third-order valence-corrected chi connectivity index (χ3v) is 7.18. The minimum absolute atomic E-state index is 0.0631. The Bertz CT molecular complexity index is 1810. The Labute approximate surface area is 225 Å². The van der Waals surface area contributed by atoms with E-state index in [2.05, 4.69) is 35.7 Å². The van der Waals surface area contributed by atoms with E-state index in [1.54, 1.807) is 24.3 Å². The van der Waals surface area contributed by atoms with Crippen molar-refractivity contribution in [3.8, 4) is 63.7 Å². The molecule has 178 valence electrons. The van der Waals surface area contributed by atoms with Gasteiger partial charge in [0.05, 0.1) is 64.2 Å². The third kappa shape index (κ3) is 3.81. The largest absolute Gasteiger partial charge is 0.306 e. The Morgan fingerprint density at radius 2 is 1.00 bits per heavy atom. The molecule has 6 rings (SSSR count). The maximum atomic E-state index is 10.2. The van der Waals surface area contributed by atoms with Crippen LogP contribution in [0.5, 0.6) is 0 Å². The van der Waals surface area contributed by atoms with Gasteiger partial charge in [-0.2, -0.15) is 26.3 Å². The molecule has 1 aliphatic carbocycles. The van der Waals surface area contributed by atoms with Crippen LogP contribution in [0.1, 0.15) is 33.4 Å². The van der Waals surface area contributed by atoms with Crippen LogP contribution in [0, 0.1) is 56.7 Å². The van der Waals surface area contributed by atoms with Crippen LogP contribution in [0.25, 0.3) is 39.0 Å². The lowest BCUT2D eigenvalue weighted by Gasteiger charge is -2.11. The zero-order valence-electron chi connectivity index (χ0n) is 20.4. The third-order valence-electron chi connectivity index (χ3n) is 7.18. The molecule has 1 aliphatic heterocycles. The molecule has 4 aromatic carbocycles. The molecule has 0 radical (unpaired) electrons. The summed E-state index contributed by atoms with van der Waals surface area (Å²) in [6, 6.07) is 32.8. The number of benzene rings is 4. The van der Waals surface area contributed by atoms with Crippen LogP contribution in [0.3, 0.4) is 0 Å². The standard InChI is InChI=1S/C33H16N6/c34-13-19-1-5-21(6-2-19)25-11-29-27(9-23(25)15-36)28-10-24(16-37)26(22-7-3-20(14-35)4-8-22)12-30(28)33(29)31(17-38)32-18-39-32/h1-12,32,39H,18H2. The summed E-state index contributed by atoms with van der Waals surface area (Å²) in [5.74, 6) is 0. The van der Waals surface area contributed by atoms with Gasteiger partial charge in [0, 0.05) is 23.2 Å². The second kappa shape index (κ2) is 9.16. The first-order chi connectivity index (χ1) is 19.1. The second-order valence-electron chi connectivity index (χ2n) is 9.35. The lowest BCUT2D eigenvalue weighted by atomic mass is 9.90. The first-order valence-corrected chi connectivity index (χ1v) is 12.2. The first-order valence-electron chi connectivity index (χ1n) is 12.2. The van der Waals surface area contributed by atoms with Crippen molar-refractivity contribution in [3.05, 3.63) is 112 Å². The van der Waals surface area contributed by atoms with Gasteiger partial charge in [-0.15, -0.1) is 0 Å². The zero-order valence-corrected chi connectivity index (χ0v) is 20.4. The minimum atomic E-state index is -0.0631. The lowest BCUT2D eigenvalue weighted by Crippen LogP contribution is -2.00. The quantitative estimate of drug-likeness (QED) is 0.248. The van der Waals surface area contributed by atoms with E-state index >= 15 is 0 Å². The molecular weight excluding hydrogens is 480 g/mol. The van der Waals surface area contributed by atoms with Crippen LogP contribution in [-0.4, -0.2) is 12.6 Å². The molecule has 0 saturated carbocycles. The monoisotopic (exact) mass is 496 g/mol. The van der Waals surface area contributed by atoms with Crippen LogP contribution < -0.4 is 5.32 Å². The topological polar surface area (TPSA) is 141 Å². The molecule has 1 fully saturated rings. The Balaban J connectivity index is 1.63. The number of hydrogen-bond acceptors (Lipinski definition) is 6. The second-order valence-corrected chi connectivity index (χ2v) is 9.35. The Hall–Kier alpha value is -5.97. The molecule has 39 heavy (non-hydrogen) atoms. The highest BCUT2D eigenvalue weighted by Gasteiger charge is 2.35. The molecule has 6 nitrogen and oxygen atoms in total. The number of fused-ring (bicyclic) bond motifs is 3. The normalized spacial score (nSPS) is 14.0. The molecule has 1 unspecified atom stereocenters. The molecule has 1 atom stereocenters. The van der Waals surface area contributed by atoms with E-state index in [0.29, 0.717) is 45.5 Å². The Morgan fingerprint density at radius 3 is 1.33 bits per heavy atom. The molecule has 0 bridgehead atoms. The van der Waals surface area contributed by atoms with E-state index in [9.17, 15) is 26.3 Å². The van der Waals surface area contributed by atoms with E-state index < -0.39 is 0 Å². The maximum Gasteiger partial charge on any atom is 0.0998 e. The molecule has 0 amide bonds. The summed E-state index contributed by atoms with van der Waals surface area (Å²) in [4.78, 5) is 0. The van der Waals surface area contributed by atoms with E-state index in [-0.39, 0.29) is 6.04 Å². The van der Waals surface area contributed by atoms with Crippen molar-refractivity contribution in [2.24, 2.45) is 0 Å². The molecule has 0 aromatic heterocycles. The van der Waals surface area contributed by atoms with Gasteiger partial charge in [-0.05, 0) is 81.9 Å². The summed E-state index contributed by atoms with van der Waals surface area (Å²) in [6.45, 7) is 0.703. The maximum absolute atomic E-state index is 10.2. The van der Waals surface area contributed by atoms with E-state index in [4.69, 9.17) is 0 Å². The summed E-state index contributed by atoms with van der Waals surface area (Å²) in [6.07, 6.45) is 0. The summed E-state index contributed by atoms with van der Waals surface area (Å²) in [7, 11) is 0. The number of nitrogens with one attached hydrogen (secondary N) is 1. The van der Waals surface area contributed by atoms with Gasteiger partial charge >= 0.3 is 0 Å². The van der Waals surface area contributed by atoms with Crippen molar-refractivity contribution in [1.82, 2.24) is 5.32 Å². The van der Waals surface area contributed by atoms with Gasteiger partial charge in [0.2, 0.25) is 0 Å². The fourth-order valence-corrected chi connectivity index (χ4v) is 5.18. The van der Waals surface area contributed by atoms with Gasteiger partial charge in [-0.25, -0.2) is 0 Å². The highest BCUT2D eigenvalue weighted by molar-refractivity contribution is 6.06. The Morgan fingerprint density at radius 1 is 0.564 bits per heavy atom. The van der Waals surface area contributed by atoms with Crippen molar-refractivity contribution in [2.75, 3.05) is 6.54 Å². The number of rotatable bonds is 3. The lowest BCUT2D eigenvalue weighted by molar-refractivity contribution is 1.15. The molecule has 1 N–H and O–H groups in total. The number of nitriles is 5. The summed E-state index contributed by atoms with van der Waals surface area (Å²) < 4.78 is 0.